The Balaban J connectivity index is 2.18. The van der Waals surface area contributed by atoms with Crippen LogP contribution in [0.3, 0.4) is 0 Å². The van der Waals surface area contributed by atoms with E-state index in [-0.39, 0.29) is 5.56 Å². The second kappa shape index (κ2) is 4.40. The SMILES string of the molecule is O=C(O)c1ccc2c(c1)ncn2-c1cccc(Cl)c1. The average molecular weight is 273 g/mol. The van der Waals surface area contributed by atoms with Gasteiger partial charge in [-0.25, -0.2) is 9.78 Å². The molecule has 19 heavy (non-hydrogen) atoms. The highest BCUT2D eigenvalue weighted by Crippen LogP contribution is 2.21. The Hall–Kier alpha value is -2.33. The quantitative estimate of drug-likeness (QED) is 0.778. The van der Waals surface area contributed by atoms with E-state index in [1.807, 2.05) is 22.8 Å². The second-order valence-corrected chi connectivity index (χ2v) is 4.54. The smallest absolute Gasteiger partial charge is 0.335 e. The number of nitrogens with zero attached hydrogens (tertiary/aromatic N) is 2. The summed E-state index contributed by atoms with van der Waals surface area (Å²) in [6, 6.07) is 12.3. The molecule has 94 valence electrons. The van der Waals surface area contributed by atoms with E-state index in [9.17, 15) is 4.79 Å². The van der Waals surface area contributed by atoms with Crippen LogP contribution in [0.15, 0.2) is 48.8 Å². The molecule has 0 radical (unpaired) electrons. The third kappa shape index (κ3) is 2.06. The predicted molar refractivity (Wildman–Crippen MR) is 73.0 cm³/mol. The van der Waals surface area contributed by atoms with Gasteiger partial charge in [0.2, 0.25) is 0 Å². The summed E-state index contributed by atoms with van der Waals surface area (Å²) in [4.78, 5) is 15.1. The lowest BCUT2D eigenvalue weighted by atomic mass is 10.2. The molecule has 1 heterocycles. The highest BCUT2D eigenvalue weighted by molar-refractivity contribution is 6.30. The number of carbonyl (C=O) groups is 1. The first-order chi connectivity index (χ1) is 9.15. The van der Waals surface area contributed by atoms with Crippen molar-refractivity contribution in [2.75, 3.05) is 0 Å². The van der Waals surface area contributed by atoms with E-state index in [1.165, 1.54) is 0 Å². The van der Waals surface area contributed by atoms with Crippen molar-refractivity contribution in [3.63, 3.8) is 0 Å². The largest absolute Gasteiger partial charge is 0.478 e. The molecule has 2 aromatic carbocycles. The maximum Gasteiger partial charge on any atom is 0.335 e. The zero-order chi connectivity index (χ0) is 13.4. The van der Waals surface area contributed by atoms with E-state index in [4.69, 9.17) is 16.7 Å². The van der Waals surface area contributed by atoms with Crippen molar-refractivity contribution in [2.24, 2.45) is 0 Å². The molecule has 0 fully saturated rings. The molecule has 0 spiro atoms. The second-order valence-electron chi connectivity index (χ2n) is 4.10. The molecule has 0 saturated carbocycles. The minimum atomic E-state index is -0.959. The number of hydrogen-bond donors (Lipinski definition) is 1. The maximum atomic E-state index is 10.9. The number of halogens is 1. The van der Waals surface area contributed by atoms with E-state index in [1.54, 1.807) is 30.6 Å². The standard InChI is InChI=1S/C14H9ClN2O2/c15-10-2-1-3-11(7-10)17-8-16-12-6-9(14(18)19)4-5-13(12)17/h1-8H,(H,18,19). The molecule has 0 aliphatic heterocycles. The first-order valence-electron chi connectivity index (χ1n) is 5.61. The summed E-state index contributed by atoms with van der Waals surface area (Å²) in [6.07, 6.45) is 1.65. The van der Waals surface area contributed by atoms with Gasteiger partial charge in [0.05, 0.1) is 16.6 Å². The molecule has 0 atom stereocenters. The minimum absolute atomic E-state index is 0.226. The van der Waals surface area contributed by atoms with Crippen molar-refractivity contribution in [3.8, 4) is 5.69 Å². The molecule has 5 heteroatoms. The predicted octanol–water partition coefficient (Wildman–Crippen LogP) is 3.38. The van der Waals surface area contributed by atoms with Crippen LogP contribution in [0.1, 0.15) is 10.4 Å². The lowest BCUT2D eigenvalue weighted by molar-refractivity contribution is 0.0697. The molecule has 0 amide bonds. The average Bonchev–Trinajstić information content (AvgIpc) is 2.81. The van der Waals surface area contributed by atoms with Crippen molar-refractivity contribution in [2.45, 2.75) is 0 Å². The molecule has 0 aliphatic rings. The summed E-state index contributed by atoms with van der Waals surface area (Å²) in [5.74, 6) is -0.959. The molecule has 0 unspecified atom stereocenters. The molecule has 0 aliphatic carbocycles. The van der Waals surface area contributed by atoms with Crippen molar-refractivity contribution in [3.05, 3.63) is 59.4 Å². The highest BCUT2D eigenvalue weighted by atomic mass is 35.5. The first kappa shape index (κ1) is 11.7. The number of aromatic nitrogens is 2. The summed E-state index contributed by atoms with van der Waals surface area (Å²) in [5.41, 5.74) is 2.59. The number of hydrogen-bond acceptors (Lipinski definition) is 2. The zero-order valence-corrected chi connectivity index (χ0v) is 10.5. The molecule has 1 aromatic heterocycles. The van der Waals surface area contributed by atoms with Crippen LogP contribution in [0.2, 0.25) is 5.02 Å². The third-order valence-corrected chi connectivity index (χ3v) is 3.12. The van der Waals surface area contributed by atoms with Gasteiger partial charge in [-0.3, -0.25) is 4.57 Å². The highest BCUT2D eigenvalue weighted by Gasteiger charge is 2.08. The van der Waals surface area contributed by atoms with Crippen molar-refractivity contribution in [1.29, 1.82) is 0 Å². The van der Waals surface area contributed by atoms with Crippen LogP contribution in [0.25, 0.3) is 16.7 Å². The summed E-state index contributed by atoms with van der Waals surface area (Å²) >= 11 is 5.97. The van der Waals surface area contributed by atoms with Gasteiger partial charge in [0.1, 0.15) is 6.33 Å². The normalized spacial score (nSPS) is 10.8. The van der Waals surface area contributed by atoms with Crippen LogP contribution < -0.4 is 0 Å². The Bertz CT molecular complexity index is 780. The Morgan fingerprint density at radius 1 is 1.21 bits per heavy atom. The van der Waals surface area contributed by atoms with Gasteiger partial charge in [0.25, 0.3) is 0 Å². The summed E-state index contributed by atoms with van der Waals surface area (Å²) in [7, 11) is 0. The molecular weight excluding hydrogens is 264 g/mol. The number of aromatic carboxylic acids is 1. The Morgan fingerprint density at radius 2 is 2.05 bits per heavy atom. The third-order valence-electron chi connectivity index (χ3n) is 2.88. The van der Waals surface area contributed by atoms with Gasteiger partial charge in [-0.2, -0.15) is 0 Å². The van der Waals surface area contributed by atoms with Gasteiger partial charge in [0, 0.05) is 10.7 Å². The fraction of sp³-hybridized carbons (Fsp3) is 0. The van der Waals surface area contributed by atoms with Crippen LogP contribution in [-0.2, 0) is 0 Å². The first-order valence-corrected chi connectivity index (χ1v) is 5.99. The zero-order valence-electron chi connectivity index (χ0n) is 9.75. The lowest BCUT2D eigenvalue weighted by Gasteiger charge is -2.04. The summed E-state index contributed by atoms with van der Waals surface area (Å²) < 4.78 is 1.87. The molecule has 0 saturated heterocycles. The van der Waals surface area contributed by atoms with E-state index < -0.39 is 5.97 Å². The van der Waals surface area contributed by atoms with Gasteiger partial charge < -0.3 is 5.11 Å². The molecule has 1 N–H and O–H groups in total. The molecule has 0 bridgehead atoms. The van der Waals surface area contributed by atoms with Gasteiger partial charge >= 0.3 is 5.97 Å². The number of carboxylic acids is 1. The van der Waals surface area contributed by atoms with E-state index in [0.29, 0.717) is 10.5 Å². The Labute approximate surface area is 113 Å². The van der Waals surface area contributed by atoms with Crippen LogP contribution in [0, 0.1) is 0 Å². The van der Waals surface area contributed by atoms with Crippen LogP contribution in [-0.4, -0.2) is 20.6 Å². The van der Waals surface area contributed by atoms with E-state index >= 15 is 0 Å². The van der Waals surface area contributed by atoms with Crippen LogP contribution in [0.4, 0.5) is 0 Å². The number of benzene rings is 2. The molecule has 3 aromatic rings. The molecule has 3 rings (SSSR count). The maximum absolute atomic E-state index is 10.9. The van der Waals surface area contributed by atoms with Crippen LogP contribution in [0.5, 0.6) is 0 Å². The Kier molecular flexibility index (Phi) is 2.72. The topological polar surface area (TPSA) is 55.1 Å². The fourth-order valence-electron chi connectivity index (χ4n) is 1.98. The van der Waals surface area contributed by atoms with Crippen molar-refractivity contribution < 1.29 is 9.90 Å². The minimum Gasteiger partial charge on any atom is -0.478 e. The van der Waals surface area contributed by atoms with Crippen molar-refractivity contribution >= 4 is 28.6 Å². The number of imidazole rings is 1. The van der Waals surface area contributed by atoms with Gasteiger partial charge in [-0.15, -0.1) is 0 Å². The molecule has 4 nitrogen and oxygen atoms in total. The van der Waals surface area contributed by atoms with Crippen LogP contribution >= 0.6 is 11.6 Å². The fourth-order valence-corrected chi connectivity index (χ4v) is 2.16. The number of rotatable bonds is 2. The van der Waals surface area contributed by atoms with E-state index in [2.05, 4.69) is 4.98 Å². The lowest BCUT2D eigenvalue weighted by Crippen LogP contribution is -1.96. The van der Waals surface area contributed by atoms with Gasteiger partial charge in [0.15, 0.2) is 0 Å². The van der Waals surface area contributed by atoms with Gasteiger partial charge in [-0.1, -0.05) is 17.7 Å². The summed E-state index contributed by atoms with van der Waals surface area (Å²) in [5, 5.41) is 9.59. The van der Waals surface area contributed by atoms with E-state index in [0.717, 1.165) is 11.2 Å². The Morgan fingerprint density at radius 3 is 2.79 bits per heavy atom. The monoisotopic (exact) mass is 272 g/mol. The van der Waals surface area contributed by atoms with Crippen molar-refractivity contribution in [1.82, 2.24) is 9.55 Å². The molecular formula is C14H9ClN2O2. The summed E-state index contributed by atoms with van der Waals surface area (Å²) in [6.45, 7) is 0. The van der Waals surface area contributed by atoms with Gasteiger partial charge in [-0.05, 0) is 36.4 Å². The number of carboxylic acid groups (broad SMARTS) is 1. The number of fused-ring (bicyclic) bond motifs is 1.